The molecule has 4 heteroatoms. The van der Waals surface area contributed by atoms with E-state index >= 15 is 0 Å². The topological polar surface area (TPSA) is 50.4 Å². The van der Waals surface area contributed by atoms with E-state index in [1.165, 1.54) is 0 Å². The molecule has 0 radical (unpaired) electrons. The van der Waals surface area contributed by atoms with E-state index in [2.05, 4.69) is 10.6 Å². The summed E-state index contributed by atoms with van der Waals surface area (Å²) in [6.07, 6.45) is 0. The highest BCUT2D eigenvalue weighted by atomic mass is 16.5. The van der Waals surface area contributed by atoms with E-state index < -0.39 is 0 Å². The molecule has 1 aliphatic heterocycles. The van der Waals surface area contributed by atoms with Gasteiger partial charge in [-0.2, -0.15) is 0 Å². The number of hydrogen-bond donors (Lipinski definition) is 2. The van der Waals surface area contributed by atoms with Crippen molar-refractivity contribution in [3.05, 3.63) is 30.3 Å². The maximum Gasteiger partial charge on any atom is 0.238 e. The Hall–Kier alpha value is -1.39. The Balaban J connectivity index is 1.72. The van der Waals surface area contributed by atoms with Crippen molar-refractivity contribution in [3.8, 4) is 0 Å². The molecular weight excluding hydrogens is 192 g/mol. The van der Waals surface area contributed by atoms with Crippen LogP contribution < -0.4 is 10.6 Å². The van der Waals surface area contributed by atoms with Gasteiger partial charge in [-0.25, -0.2) is 0 Å². The SMILES string of the molecule is O=C(CNC1COC1)Nc1ccccc1. The number of hydrogen-bond acceptors (Lipinski definition) is 3. The van der Waals surface area contributed by atoms with Crippen molar-refractivity contribution in [1.82, 2.24) is 5.32 Å². The molecule has 0 aromatic heterocycles. The minimum Gasteiger partial charge on any atom is -0.378 e. The lowest BCUT2D eigenvalue weighted by molar-refractivity contribution is -0.116. The first-order chi connectivity index (χ1) is 7.34. The molecule has 0 aliphatic carbocycles. The fourth-order valence-electron chi connectivity index (χ4n) is 1.32. The van der Waals surface area contributed by atoms with Gasteiger partial charge in [0, 0.05) is 5.69 Å². The van der Waals surface area contributed by atoms with Gasteiger partial charge >= 0.3 is 0 Å². The van der Waals surface area contributed by atoms with E-state index in [4.69, 9.17) is 4.74 Å². The predicted octanol–water partition coefficient (Wildman–Crippen LogP) is 0.613. The second-order valence-corrected chi connectivity index (χ2v) is 3.53. The number of carbonyl (C=O) groups excluding carboxylic acids is 1. The molecule has 2 N–H and O–H groups in total. The number of benzene rings is 1. The van der Waals surface area contributed by atoms with Crippen LogP contribution in [-0.2, 0) is 9.53 Å². The Bertz CT molecular complexity index is 323. The first-order valence-electron chi connectivity index (χ1n) is 5.00. The average Bonchev–Trinajstić information content (AvgIpc) is 2.17. The molecule has 0 spiro atoms. The molecule has 80 valence electrons. The Morgan fingerprint density at radius 2 is 2.07 bits per heavy atom. The van der Waals surface area contributed by atoms with Crippen molar-refractivity contribution < 1.29 is 9.53 Å². The fraction of sp³-hybridized carbons (Fsp3) is 0.364. The molecule has 1 aromatic carbocycles. The van der Waals surface area contributed by atoms with Gasteiger partial charge in [-0.1, -0.05) is 18.2 Å². The molecule has 0 bridgehead atoms. The van der Waals surface area contributed by atoms with Crippen LogP contribution in [0.15, 0.2) is 30.3 Å². The van der Waals surface area contributed by atoms with Gasteiger partial charge in [0.05, 0.1) is 25.8 Å². The molecule has 2 rings (SSSR count). The predicted molar refractivity (Wildman–Crippen MR) is 57.7 cm³/mol. The van der Waals surface area contributed by atoms with E-state index in [0.717, 1.165) is 5.69 Å². The van der Waals surface area contributed by atoms with Crippen molar-refractivity contribution in [2.75, 3.05) is 25.1 Å². The van der Waals surface area contributed by atoms with E-state index in [9.17, 15) is 4.79 Å². The highest BCUT2D eigenvalue weighted by Crippen LogP contribution is 2.04. The largest absolute Gasteiger partial charge is 0.378 e. The highest BCUT2D eigenvalue weighted by Gasteiger charge is 2.18. The molecular formula is C11H14N2O2. The number of para-hydroxylation sites is 1. The zero-order valence-corrected chi connectivity index (χ0v) is 8.40. The maximum absolute atomic E-state index is 11.4. The quantitative estimate of drug-likeness (QED) is 0.759. The zero-order chi connectivity index (χ0) is 10.5. The van der Waals surface area contributed by atoms with Gasteiger partial charge < -0.3 is 15.4 Å². The van der Waals surface area contributed by atoms with Gasteiger partial charge in [-0.15, -0.1) is 0 Å². The third kappa shape index (κ3) is 3.04. The van der Waals surface area contributed by atoms with E-state index in [-0.39, 0.29) is 5.91 Å². The van der Waals surface area contributed by atoms with Crippen LogP contribution in [0.4, 0.5) is 5.69 Å². The Morgan fingerprint density at radius 1 is 1.33 bits per heavy atom. The van der Waals surface area contributed by atoms with Crippen molar-refractivity contribution in [2.45, 2.75) is 6.04 Å². The Kier molecular flexibility index (Phi) is 3.32. The summed E-state index contributed by atoms with van der Waals surface area (Å²) in [4.78, 5) is 11.4. The van der Waals surface area contributed by atoms with Gasteiger partial charge in [-0.05, 0) is 12.1 Å². The van der Waals surface area contributed by atoms with E-state index in [1.54, 1.807) is 0 Å². The molecule has 0 atom stereocenters. The monoisotopic (exact) mass is 206 g/mol. The first kappa shape index (κ1) is 10.1. The van der Waals surface area contributed by atoms with Gasteiger partial charge in [0.15, 0.2) is 0 Å². The third-order valence-corrected chi connectivity index (χ3v) is 2.25. The Labute approximate surface area is 88.6 Å². The third-order valence-electron chi connectivity index (χ3n) is 2.25. The normalized spacial score (nSPS) is 15.7. The van der Waals surface area contributed by atoms with Crippen LogP contribution in [0.5, 0.6) is 0 Å². The molecule has 1 aliphatic rings. The first-order valence-corrected chi connectivity index (χ1v) is 5.00. The lowest BCUT2D eigenvalue weighted by atomic mass is 10.2. The Morgan fingerprint density at radius 3 is 2.67 bits per heavy atom. The van der Waals surface area contributed by atoms with Crippen LogP contribution >= 0.6 is 0 Å². The number of ether oxygens (including phenoxy) is 1. The molecule has 4 nitrogen and oxygen atoms in total. The standard InChI is InChI=1S/C11H14N2O2/c14-11(6-12-10-7-15-8-10)13-9-4-2-1-3-5-9/h1-5,10,12H,6-8H2,(H,13,14). The number of nitrogens with one attached hydrogen (secondary N) is 2. The minimum absolute atomic E-state index is 0.0203. The molecule has 1 amide bonds. The summed E-state index contributed by atoms with van der Waals surface area (Å²) in [5.74, 6) is -0.0203. The van der Waals surface area contributed by atoms with Crippen LogP contribution in [0.25, 0.3) is 0 Å². The summed E-state index contributed by atoms with van der Waals surface area (Å²) in [5, 5.41) is 5.91. The molecule has 1 aromatic rings. The van der Waals surface area contributed by atoms with E-state index in [0.29, 0.717) is 25.8 Å². The average molecular weight is 206 g/mol. The number of carbonyl (C=O) groups is 1. The smallest absolute Gasteiger partial charge is 0.238 e. The zero-order valence-electron chi connectivity index (χ0n) is 8.40. The summed E-state index contributed by atoms with van der Waals surface area (Å²) in [5.41, 5.74) is 0.828. The number of rotatable bonds is 4. The number of amides is 1. The van der Waals surface area contributed by atoms with Gasteiger partial charge in [-0.3, -0.25) is 4.79 Å². The summed E-state index contributed by atoms with van der Waals surface area (Å²) in [6.45, 7) is 1.75. The van der Waals surface area contributed by atoms with Gasteiger partial charge in [0.2, 0.25) is 5.91 Å². The summed E-state index contributed by atoms with van der Waals surface area (Å²) in [6, 6.07) is 9.77. The molecule has 1 fully saturated rings. The number of anilines is 1. The fourth-order valence-corrected chi connectivity index (χ4v) is 1.32. The van der Waals surface area contributed by atoms with Crippen LogP contribution in [0.2, 0.25) is 0 Å². The molecule has 15 heavy (non-hydrogen) atoms. The minimum atomic E-state index is -0.0203. The van der Waals surface area contributed by atoms with Crippen LogP contribution in [-0.4, -0.2) is 31.7 Å². The summed E-state index contributed by atoms with van der Waals surface area (Å²) in [7, 11) is 0. The highest BCUT2D eigenvalue weighted by molar-refractivity contribution is 5.92. The summed E-state index contributed by atoms with van der Waals surface area (Å²) < 4.78 is 4.99. The maximum atomic E-state index is 11.4. The summed E-state index contributed by atoms with van der Waals surface area (Å²) >= 11 is 0. The van der Waals surface area contributed by atoms with E-state index in [1.807, 2.05) is 30.3 Å². The lowest BCUT2D eigenvalue weighted by Gasteiger charge is -2.26. The molecule has 0 unspecified atom stereocenters. The van der Waals surface area contributed by atoms with Crippen LogP contribution in [0.3, 0.4) is 0 Å². The molecule has 1 heterocycles. The van der Waals surface area contributed by atoms with Crippen molar-refractivity contribution in [3.63, 3.8) is 0 Å². The van der Waals surface area contributed by atoms with Gasteiger partial charge in [0.25, 0.3) is 0 Å². The van der Waals surface area contributed by atoms with Crippen molar-refractivity contribution >= 4 is 11.6 Å². The second-order valence-electron chi connectivity index (χ2n) is 3.53. The molecule has 1 saturated heterocycles. The lowest BCUT2D eigenvalue weighted by Crippen LogP contribution is -2.48. The van der Waals surface area contributed by atoms with Crippen molar-refractivity contribution in [1.29, 1.82) is 0 Å². The van der Waals surface area contributed by atoms with Gasteiger partial charge in [0.1, 0.15) is 0 Å². The van der Waals surface area contributed by atoms with Crippen LogP contribution in [0.1, 0.15) is 0 Å². The van der Waals surface area contributed by atoms with Crippen LogP contribution in [0, 0.1) is 0 Å². The van der Waals surface area contributed by atoms with Crippen molar-refractivity contribution in [2.24, 2.45) is 0 Å². The molecule has 0 saturated carbocycles. The second kappa shape index (κ2) is 4.91.